The van der Waals surface area contributed by atoms with E-state index in [1.54, 1.807) is 17.2 Å². The number of anilines is 1. The quantitative estimate of drug-likeness (QED) is 0.898. The van der Waals surface area contributed by atoms with Gasteiger partial charge in [-0.05, 0) is 37.0 Å². The highest BCUT2D eigenvalue weighted by molar-refractivity contribution is 6.05. The zero-order valence-corrected chi connectivity index (χ0v) is 15.6. The molecule has 6 nitrogen and oxygen atoms in total. The van der Waals surface area contributed by atoms with E-state index in [0.29, 0.717) is 12.2 Å². The summed E-state index contributed by atoms with van der Waals surface area (Å²) in [6, 6.07) is 9.79. The lowest BCUT2D eigenvalue weighted by Crippen LogP contribution is -2.50. The Morgan fingerprint density at radius 2 is 1.96 bits per heavy atom. The van der Waals surface area contributed by atoms with Crippen LogP contribution in [0.3, 0.4) is 0 Å². The van der Waals surface area contributed by atoms with Gasteiger partial charge in [0.1, 0.15) is 5.69 Å². The fourth-order valence-corrected chi connectivity index (χ4v) is 3.72. The summed E-state index contributed by atoms with van der Waals surface area (Å²) < 4.78 is 1.84. The number of para-hydroxylation sites is 1. The Morgan fingerprint density at radius 3 is 2.65 bits per heavy atom. The highest BCUT2D eigenvalue weighted by Crippen LogP contribution is 2.29. The van der Waals surface area contributed by atoms with Crippen molar-refractivity contribution >= 4 is 17.5 Å². The van der Waals surface area contributed by atoms with Crippen LogP contribution in [0.4, 0.5) is 5.69 Å². The van der Waals surface area contributed by atoms with Gasteiger partial charge in [-0.3, -0.25) is 14.3 Å². The summed E-state index contributed by atoms with van der Waals surface area (Å²) in [7, 11) is 0. The Kier molecular flexibility index (Phi) is 5.40. The van der Waals surface area contributed by atoms with Gasteiger partial charge in [-0.25, -0.2) is 0 Å². The third-order valence-electron chi connectivity index (χ3n) is 4.98. The minimum absolute atomic E-state index is 0.0723. The monoisotopic (exact) mass is 354 g/mol. The molecule has 2 amide bonds. The van der Waals surface area contributed by atoms with Crippen molar-refractivity contribution in [1.82, 2.24) is 15.1 Å². The lowest BCUT2D eigenvalue weighted by atomic mass is 9.97. The number of carbonyl (C=O) groups is 2. The molecule has 0 bridgehead atoms. The lowest BCUT2D eigenvalue weighted by Gasteiger charge is -2.35. The minimum Gasteiger partial charge on any atom is -0.351 e. The summed E-state index contributed by atoms with van der Waals surface area (Å²) in [5.41, 5.74) is 2.58. The molecule has 26 heavy (non-hydrogen) atoms. The van der Waals surface area contributed by atoms with E-state index in [9.17, 15) is 9.59 Å². The molecule has 2 heterocycles. The summed E-state index contributed by atoms with van der Waals surface area (Å²) in [5, 5.41) is 7.35. The molecule has 1 aromatic carbocycles. The third-order valence-corrected chi connectivity index (χ3v) is 4.98. The van der Waals surface area contributed by atoms with Gasteiger partial charge in [-0.2, -0.15) is 5.10 Å². The van der Waals surface area contributed by atoms with Crippen LogP contribution in [0.25, 0.3) is 0 Å². The van der Waals surface area contributed by atoms with Crippen LogP contribution in [0.1, 0.15) is 55.7 Å². The first-order valence-electron chi connectivity index (χ1n) is 9.25. The van der Waals surface area contributed by atoms with E-state index in [0.717, 1.165) is 30.5 Å². The maximum atomic E-state index is 13.4. The van der Waals surface area contributed by atoms with Crippen molar-refractivity contribution in [3.8, 4) is 0 Å². The molecule has 6 heteroatoms. The third kappa shape index (κ3) is 3.49. The highest BCUT2D eigenvalue weighted by Gasteiger charge is 2.31. The normalized spacial score (nSPS) is 16.5. The van der Waals surface area contributed by atoms with E-state index in [2.05, 4.69) is 24.3 Å². The number of carbonyl (C=O) groups excluding carboxylic acids is 2. The number of hydrogen-bond donors (Lipinski definition) is 1. The zero-order valence-electron chi connectivity index (χ0n) is 15.6. The van der Waals surface area contributed by atoms with Crippen molar-refractivity contribution in [1.29, 1.82) is 0 Å². The first-order chi connectivity index (χ1) is 12.5. The molecule has 0 fully saturated rings. The topological polar surface area (TPSA) is 67.2 Å². The van der Waals surface area contributed by atoms with Gasteiger partial charge in [-0.15, -0.1) is 0 Å². The number of hydrogen-bond acceptors (Lipinski definition) is 3. The van der Waals surface area contributed by atoms with Gasteiger partial charge in [0.15, 0.2) is 0 Å². The number of nitrogens with zero attached hydrogens (tertiary/aromatic N) is 3. The molecule has 1 aliphatic heterocycles. The van der Waals surface area contributed by atoms with Crippen molar-refractivity contribution in [2.24, 2.45) is 0 Å². The van der Waals surface area contributed by atoms with Gasteiger partial charge in [0, 0.05) is 25.4 Å². The first kappa shape index (κ1) is 18.2. The number of nitrogens with one attached hydrogen (secondary N) is 1. The first-order valence-corrected chi connectivity index (χ1v) is 9.25. The Hall–Kier alpha value is -2.63. The Bertz CT molecular complexity index is 795. The largest absolute Gasteiger partial charge is 0.351 e. The van der Waals surface area contributed by atoms with Gasteiger partial charge in [0.05, 0.1) is 12.1 Å². The molecule has 138 valence electrons. The molecule has 0 aliphatic carbocycles. The van der Waals surface area contributed by atoms with Gasteiger partial charge in [-0.1, -0.05) is 32.0 Å². The molecule has 1 N–H and O–H groups in total. The summed E-state index contributed by atoms with van der Waals surface area (Å²) in [4.78, 5) is 26.7. The number of fused-ring (bicyclic) bond motifs is 1. The fraction of sp³-hybridized carbons (Fsp3) is 0.450. The van der Waals surface area contributed by atoms with E-state index >= 15 is 0 Å². The smallest absolute Gasteiger partial charge is 0.276 e. The van der Waals surface area contributed by atoms with Crippen molar-refractivity contribution in [3.05, 3.63) is 47.8 Å². The van der Waals surface area contributed by atoms with E-state index in [-0.39, 0.29) is 23.9 Å². The number of benzene rings is 1. The maximum Gasteiger partial charge on any atom is 0.276 e. The Balaban J connectivity index is 1.96. The van der Waals surface area contributed by atoms with Crippen LogP contribution < -0.4 is 10.2 Å². The van der Waals surface area contributed by atoms with Crippen LogP contribution in [0, 0.1) is 0 Å². The molecule has 1 unspecified atom stereocenters. The summed E-state index contributed by atoms with van der Waals surface area (Å²) >= 11 is 0. The molecule has 3 rings (SSSR count). The van der Waals surface area contributed by atoms with E-state index in [1.165, 1.54) is 6.92 Å². The molecule has 2 aromatic rings. The van der Waals surface area contributed by atoms with Gasteiger partial charge >= 0.3 is 0 Å². The van der Waals surface area contributed by atoms with Crippen LogP contribution in [-0.2, 0) is 11.2 Å². The average Bonchev–Trinajstić information content (AvgIpc) is 3.10. The standard InChI is InChI=1S/C20H26N4O2/c1-4-17(5-2)24-19(10-11-21-24)20(26)23-13-16(22-14(3)25)12-15-8-6-7-9-18(15)23/h6-11,16-17H,4-5,12-13H2,1-3H3,(H,22,25). The van der Waals surface area contributed by atoms with Crippen LogP contribution in [0.2, 0.25) is 0 Å². The van der Waals surface area contributed by atoms with E-state index < -0.39 is 0 Å². The molecule has 0 saturated carbocycles. The number of amides is 2. The molecule has 0 spiro atoms. The Labute approximate surface area is 154 Å². The van der Waals surface area contributed by atoms with Crippen LogP contribution in [0.15, 0.2) is 36.5 Å². The zero-order chi connectivity index (χ0) is 18.7. The molecule has 0 radical (unpaired) electrons. The summed E-state index contributed by atoms with van der Waals surface area (Å²) in [5.74, 6) is -0.152. The molecule has 1 atom stereocenters. The molecular formula is C20H26N4O2. The second kappa shape index (κ2) is 7.72. The van der Waals surface area contributed by atoms with Gasteiger partial charge in [0.2, 0.25) is 5.91 Å². The van der Waals surface area contributed by atoms with E-state index in [4.69, 9.17) is 0 Å². The van der Waals surface area contributed by atoms with Crippen molar-refractivity contribution in [2.45, 2.75) is 52.1 Å². The SMILES string of the molecule is CCC(CC)n1nccc1C(=O)N1CC(NC(C)=O)Cc2ccccc21. The van der Waals surface area contributed by atoms with Crippen molar-refractivity contribution in [2.75, 3.05) is 11.4 Å². The molecule has 1 aliphatic rings. The van der Waals surface area contributed by atoms with Crippen molar-refractivity contribution < 1.29 is 9.59 Å². The second-order valence-electron chi connectivity index (χ2n) is 6.78. The number of aromatic nitrogens is 2. The summed E-state index contributed by atoms with van der Waals surface area (Å²) in [6.45, 7) is 6.18. The van der Waals surface area contributed by atoms with Crippen molar-refractivity contribution in [3.63, 3.8) is 0 Å². The van der Waals surface area contributed by atoms with Crippen LogP contribution in [0.5, 0.6) is 0 Å². The average molecular weight is 354 g/mol. The van der Waals surface area contributed by atoms with Gasteiger partial charge < -0.3 is 10.2 Å². The van der Waals surface area contributed by atoms with Crippen LogP contribution >= 0.6 is 0 Å². The fourth-order valence-electron chi connectivity index (χ4n) is 3.72. The maximum absolute atomic E-state index is 13.4. The Morgan fingerprint density at radius 1 is 1.23 bits per heavy atom. The molecule has 1 aromatic heterocycles. The molecular weight excluding hydrogens is 328 g/mol. The molecule has 0 saturated heterocycles. The van der Waals surface area contributed by atoms with Gasteiger partial charge in [0.25, 0.3) is 5.91 Å². The predicted molar refractivity (Wildman–Crippen MR) is 101 cm³/mol. The minimum atomic E-state index is -0.0872. The number of rotatable bonds is 5. The predicted octanol–water partition coefficient (Wildman–Crippen LogP) is 2.95. The summed E-state index contributed by atoms with van der Waals surface area (Å²) in [6.07, 6.45) is 4.26. The van der Waals surface area contributed by atoms with E-state index in [1.807, 2.05) is 28.9 Å². The lowest BCUT2D eigenvalue weighted by molar-refractivity contribution is -0.119. The van der Waals surface area contributed by atoms with Crippen LogP contribution in [-0.4, -0.2) is 34.2 Å². The highest BCUT2D eigenvalue weighted by atomic mass is 16.2. The second-order valence-corrected chi connectivity index (χ2v) is 6.78.